The highest BCUT2D eigenvalue weighted by molar-refractivity contribution is 5.73. The Bertz CT molecular complexity index is 221. The van der Waals surface area contributed by atoms with E-state index in [0.29, 0.717) is 12.3 Å². The summed E-state index contributed by atoms with van der Waals surface area (Å²) < 4.78 is 0. The first-order valence-corrected chi connectivity index (χ1v) is 5.66. The van der Waals surface area contributed by atoms with Gasteiger partial charge >= 0.3 is 5.97 Å². The Kier molecular flexibility index (Phi) is 4.54. The summed E-state index contributed by atoms with van der Waals surface area (Å²) in [6.45, 7) is 5.06. The molecule has 0 aromatic rings. The molecular weight excluding hydrogens is 192 g/mol. The Labute approximate surface area is 91.9 Å². The topological polar surface area (TPSA) is 43.8 Å². The molecule has 1 heterocycles. The van der Waals surface area contributed by atoms with Crippen molar-refractivity contribution in [2.75, 3.05) is 33.7 Å². The van der Waals surface area contributed by atoms with Crippen LogP contribution in [0.1, 0.15) is 19.8 Å². The quantitative estimate of drug-likeness (QED) is 0.733. The maximum absolute atomic E-state index is 11.0. The number of hydrogen-bond acceptors (Lipinski definition) is 3. The Morgan fingerprint density at radius 3 is 2.73 bits per heavy atom. The lowest BCUT2D eigenvalue weighted by Crippen LogP contribution is -2.41. The van der Waals surface area contributed by atoms with Crippen molar-refractivity contribution in [1.29, 1.82) is 0 Å². The summed E-state index contributed by atoms with van der Waals surface area (Å²) in [6, 6.07) is -0.323. The molecule has 2 unspecified atom stereocenters. The van der Waals surface area contributed by atoms with Crippen molar-refractivity contribution in [3.05, 3.63) is 0 Å². The van der Waals surface area contributed by atoms with Crippen molar-refractivity contribution in [1.82, 2.24) is 9.80 Å². The maximum atomic E-state index is 11.0. The maximum Gasteiger partial charge on any atom is 0.320 e. The predicted molar refractivity (Wildman–Crippen MR) is 59.9 cm³/mol. The van der Waals surface area contributed by atoms with E-state index in [2.05, 4.69) is 11.9 Å². The van der Waals surface area contributed by atoms with Gasteiger partial charge in [0.15, 0.2) is 0 Å². The lowest BCUT2D eigenvalue weighted by atomic mass is 10.1. The minimum Gasteiger partial charge on any atom is -0.480 e. The van der Waals surface area contributed by atoms with Crippen LogP contribution in [0.25, 0.3) is 0 Å². The summed E-state index contributed by atoms with van der Waals surface area (Å²) in [5, 5.41) is 9.02. The molecule has 4 heteroatoms. The molecule has 1 aliphatic rings. The van der Waals surface area contributed by atoms with Gasteiger partial charge in [-0.2, -0.15) is 0 Å². The first-order valence-electron chi connectivity index (χ1n) is 5.66. The molecule has 0 aliphatic carbocycles. The van der Waals surface area contributed by atoms with Crippen LogP contribution in [0.15, 0.2) is 0 Å². The fourth-order valence-electron chi connectivity index (χ4n) is 2.38. The van der Waals surface area contributed by atoms with E-state index in [9.17, 15) is 4.79 Å². The van der Waals surface area contributed by atoms with E-state index in [1.165, 1.54) is 6.42 Å². The molecule has 0 aromatic carbocycles. The molecule has 1 rings (SSSR count). The van der Waals surface area contributed by atoms with E-state index in [1.807, 2.05) is 18.9 Å². The summed E-state index contributed by atoms with van der Waals surface area (Å²) in [6.07, 6.45) is 1.87. The Morgan fingerprint density at radius 1 is 1.67 bits per heavy atom. The van der Waals surface area contributed by atoms with Gasteiger partial charge in [-0.15, -0.1) is 0 Å². The van der Waals surface area contributed by atoms with Crippen LogP contribution in [0.4, 0.5) is 0 Å². The molecule has 0 aromatic heterocycles. The molecule has 88 valence electrons. The van der Waals surface area contributed by atoms with Gasteiger partial charge < -0.3 is 10.0 Å². The van der Waals surface area contributed by atoms with Crippen LogP contribution >= 0.6 is 0 Å². The first-order chi connectivity index (χ1) is 7.04. The molecular formula is C11H22N2O2. The van der Waals surface area contributed by atoms with Crippen LogP contribution in [0.5, 0.6) is 0 Å². The number of rotatable bonds is 5. The van der Waals surface area contributed by atoms with Gasteiger partial charge in [-0.3, -0.25) is 9.69 Å². The van der Waals surface area contributed by atoms with E-state index >= 15 is 0 Å². The highest BCUT2D eigenvalue weighted by Crippen LogP contribution is 2.16. The molecule has 0 bridgehead atoms. The fourth-order valence-corrected chi connectivity index (χ4v) is 2.38. The highest BCUT2D eigenvalue weighted by Gasteiger charge is 2.26. The smallest absolute Gasteiger partial charge is 0.320 e. The molecule has 0 radical (unpaired) electrons. The zero-order valence-electron chi connectivity index (χ0n) is 9.94. The third-order valence-electron chi connectivity index (χ3n) is 3.24. The van der Waals surface area contributed by atoms with Crippen molar-refractivity contribution in [2.24, 2.45) is 5.92 Å². The molecule has 1 fully saturated rings. The zero-order valence-corrected chi connectivity index (χ0v) is 9.94. The van der Waals surface area contributed by atoms with Crippen molar-refractivity contribution >= 4 is 5.97 Å². The Hall–Kier alpha value is -0.610. The van der Waals surface area contributed by atoms with Crippen molar-refractivity contribution in [2.45, 2.75) is 25.8 Å². The highest BCUT2D eigenvalue weighted by atomic mass is 16.4. The summed E-state index contributed by atoms with van der Waals surface area (Å²) in [4.78, 5) is 15.2. The third-order valence-corrected chi connectivity index (χ3v) is 3.24. The molecule has 1 saturated heterocycles. The van der Waals surface area contributed by atoms with Gasteiger partial charge in [0.1, 0.15) is 6.04 Å². The summed E-state index contributed by atoms with van der Waals surface area (Å²) in [7, 11) is 4.04. The van der Waals surface area contributed by atoms with E-state index in [1.54, 1.807) is 0 Å². The van der Waals surface area contributed by atoms with Gasteiger partial charge in [0.25, 0.3) is 0 Å². The number of hydrogen-bond donors (Lipinski definition) is 1. The van der Waals surface area contributed by atoms with Crippen LogP contribution in [0, 0.1) is 5.92 Å². The lowest BCUT2D eigenvalue weighted by molar-refractivity contribution is -0.143. The minimum atomic E-state index is -0.702. The Balaban J connectivity index is 2.40. The van der Waals surface area contributed by atoms with Gasteiger partial charge in [-0.25, -0.2) is 0 Å². The van der Waals surface area contributed by atoms with E-state index in [0.717, 1.165) is 19.6 Å². The van der Waals surface area contributed by atoms with Crippen LogP contribution in [0.3, 0.4) is 0 Å². The third kappa shape index (κ3) is 3.47. The summed E-state index contributed by atoms with van der Waals surface area (Å²) in [5.74, 6) is -0.0697. The number of likely N-dealkylation sites (N-methyl/N-ethyl adjacent to an activating group) is 1. The minimum absolute atomic E-state index is 0.323. The fraction of sp³-hybridized carbons (Fsp3) is 0.909. The molecule has 1 N–H and O–H groups in total. The molecule has 4 nitrogen and oxygen atoms in total. The number of carbonyl (C=O) groups is 1. The van der Waals surface area contributed by atoms with Gasteiger partial charge in [0.05, 0.1) is 0 Å². The largest absolute Gasteiger partial charge is 0.480 e. The average molecular weight is 214 g/mol. The van der Waals surface area contributed by atoms with Crippen molar-refractivity contribution in [3.8, 4) is 0 Å². The van der Waals surface area contributed by atoms with E-state index in [4.69, 9.17) is 5.11 Å². The number of carboxylic acids is 1. The number of aliphatic carboxylic acids is 1. The molecule has 15 heavy (non-hydrogen) atoms. The second-order valence-corrected chi connectivity index (χ2v) is 4.62. The number of carboxylic acid groups (broad SMARTS) is 1. The summed E-state index contributed by atoms with van der Waals surface area (Å²) >= 11 is 0. The van der Waals surface area contributed by atoms with Crippen molar-refractivity contribution < 1.29 is 9.90 Å². The molecule has 1 aliphatic heterocycles. The van der Waals surface area contributed by atoms with Gasteiger partial charge in [-0.1, -0.05) is 6.92 Å². The van der Waals surface area contributed by atoms with Gasteiger partial charge in [0, 0.05) is 13.1 Å². The van der Waals surface area contributed by atoms with E-state index in [-0.39, 0.29) is 6.04 Å². The molecule has 0 spiro atoms. The number of likely N-dealkylation sites (tertiary alicyclic amines) is 1. The number of nitrogens with zero attached hydrogens (tertiary/aromatic N) is 2. The molecule has 0 saturated carbocycles. The molecule has 2 atom stereocenters. The molecule has 0 amide bonds. The standard InChI is InChI=1S/C11H22N2O2/c1-4-10(11(14)15)13(3)8-9-5-6-12(2)7-9/h9-10H,4-8H2,1-3H3,(H,14,15). The lowest BCUT2D eigenvalue weighted by Gasteiger charge is -2.26. The first kappa shape index (κ1) is 12.5. The second-order valence-electron chi connectivity index (χ2n) is 4.62. The second kappa shape index (κ2) is 5.47. The van der Waals surface area contributed by atoms with Crippen LogP contribution in [-0.4, -0.2) is 60.6 Å². The zero-order chi connectivity index (χ0) is 11.4. The monoisotopic (exact) mass is 214 g/mol. The van der Waals surface area contributed by atoms with Crippen LogP contribution in [-0.2, 0) is 4.79 Å². The average Bonchev–Trinajstić information content (AvgIpc) is 2.51. The SMILES string of the molecule is CCC(C(=O)O)N(C)CC1CCN(C)C1. The normalized spacial score (nSPS) is 24.7. The summed E-state index contributed by atoms with van der Waals surface area (Å²) in [5.41, 5.74) is 0. The predicted octanol–water partition coefficient (Wildman–Crippen LogP) is 0.733. The van der Waals surface area contributed by atoms with Crippen molar-refractivity contribution in [3.63, 3.8) is 0 Å². The van der Waals surface area contributed by atoms with Gasteiger partial charge in [0.2, 0.25) is 0 Å². The van der Waals surface area contributed by atoms with Gasteiger partial charge in [-0.05, 0) is 39.4 Å². The van der Waals surface area contributed by atoms with Crippen LogP contribution in [0.2, 0.25) is 0 Å². The Morgan fingerprint density at radius 2 is 2.33 bits per heavy atom. The van der Waals surface area contributed by atoms with E-state index < -0.39 is 5.97 Å². The van der Waals surface area contributed by atoms with Crippen LogP contribution < -0.4 is 0 Å².